The number of hydrogen-bond donors (Lipinski definition) is 0. The highest BCUT2D eigenvalue weighted by Crippen LogP contribution is 2.14. The Morgan fingerprint density at radius 2 is 1.39 bits per heavy atom. The van der Waals surface area contributed by atoms with Crippen molar-refractivity contribution in [3.63, 3.8) is 0 Å². The van der Waals surface area contributed by atoms with Gasteiger partial charge in [0.25, 0.3) is 0 Å². The maximum Gasteiger partial charge on any atom is 0.311 e. The predicted molar refractivity (Wildman–Crippen MR) is 113 cm³/mol. The Bertz CT molecular complexity index is 553. The van der Waals surface area contributed by atoms with Crippen LogP contribution in [0.1, 0.15) is 96.0 Å². The van der Waals surface area contributed by atoms with Crippen LogP contribution in [0.4, 0.5) is 0 Å². The molecule has 0 spiro atoms. The molecule has 0 amide bonds. The number of aryl methyl sites for hydroxylation is 1. The molecule has 4 heteroatoms. The summed E-state index contributed by atoms with van der Waals surface area (Å²) in [5, 5.41) is 0. The zero-order valence-corrected chi connectivity index (χ0v) is 17.8. The van der Waals surface area contributed by atoms with Crippen molar-refractivity contribution in [3.8, 4) is 5.75 Å². The number of rotatable bonds is 16. The van der Waals surface area contributed by atoms with Gasteiger partial charge in [0, 0.05) is 12.8 Å². The van der Waals surface area contributed by atoms with Crippen LogP contribution in [0.2, 0.25) is 0 Å². The second-order valence-corrected chi connectivity index (χ2v) is 7.55. The van der Waals surface area contributed by atoms with Crippen LogP contribution in [0.25, 0.3) is 0 Å². The van der Waals surface area contributed by atoms with E-state index < -0.39 is 0 Å². The molecule has 0 saturated heterocycles. The molecule has 0 N–H and O–H groups in total. The summed E-state index contributed by atoms with van der Waals surface area (Å²) in [5.74, 6) is 0.0147. The first-order valence-electron chi connectivity index (χ1n) is 11.0. The Balaban J connectivity index is 1.92. The highest BCUT2D eigenvalue weighted by Gasteiger charge is 2.08. The van der Waals surface area contributed by atoms with E-state index in [-0.39, 0.29) is 24.8 Å². The minimum Gasteiger partial charge on any atom is -0.466 e. The van der Waals surface area contributed by atoms with E-state index in [2.05, 4.69) is 6.92 Å². The molecule has 0 aromatic heterocycles. The molecule has 4 nitrogen and oxygen atoms in total. The van der Waals surface area contributed by atoms with E-state index >= 15 is 0 Å². The molecule has 0 aliphatic rings. The third-order valence-electron chi connectivity index (χ3n) is 4.74. The van der Waals surface area contributed by atoms with Crippen LogP contribution in [0.15, 0.2) is 24.3 Å². The summed E-state index contributed by atoms with van der Waals surface area (Å²) in [6, 6.07) is 7.37. The van der Waals surface area contributed by atoms with Gasteiger partial charge in [-0.15, -0.1) is 0 Å². The number of carbonyl (C=O) groups is 2. The predicted octanol–water partition coefficient (Wildman–Crippen LogP) is 6.53. The van der Waals surface area contributed by atoms with Gasteiger partial charge >= 0.3 is 11.9 Å². The first-order chi connectivity index (χ1) is 13.6. The van der Waals surface area contributed by atoms with Crippen molar-refractivity contribution in [2.45, 2.75) is 97.3 Å². The zero-order valence-electron chi connectivity index (χ0n) is 17.8. The second-order valence-electron chi connectivity index (χ2n) is 7.55. The van der Waals surface area contributed by atoms with Gasteiger partial charge < -0.3 is 9.47 Å². The Labute approximate surface area is 171 Å². The summed E-state index contributed by atoms with van der Waals surface area (Å²) in [4.78, 5) is 23.5. The molecule has 0 heterocycles. The third-order valence-corrected chi connectivity index (χ3v) is 4.74. The van der Waals surface area contributed by atoms with Crippen LogP contribution in [0, 0.1) is 6.92 Å². The minimum atomic E-state index is -0.312. The highest BCUT2D eigenvalue weighted by molar-refractivity contribution is 5.74. The van der Waals surface area contributed by atoms with E-state index in [1.54, 1.807) is 6.07 Å². The van der Waals surface area contributed by atoms with Gasteiger partial charge in [-0.05, 0) is 37.5 Å². The number of hydrogen-bond acceptors (Lipinski definition) is 4. The smallest absolute Gasteiger partial charge is 0.311 e. The average Bonchev–Trinajstić information content (AvgIpc) is 2.66. The van der Waals surface area contributed by atoms with E-state index in [1.807, 2.05) is 25.1 Å². The van der Waals surface area contributed by atoms with Crippen molar-refractivity contribution in [2.75, 3.05) is 6.61 Å². The van der Waals surface area contributed by atoms with Crippen molar-refractivity contribution in [3.05, 3.63) is 29.8 Å². The highest BCUT2D eigenvalue weighted by atomic mass is 16.5. The Morgan fingerprint density at radius 3 is 2.04 bits per heavy atom. The number of esters is 2. The molecule has 28 heavy (non-hydrogen) atoms. The lowest BCUT2D eigenvalue weighted by Crippen LogP contribution is -2.10. The fourth-order valence-corrected chi connectivity index (χ4v) is 3.09. The monoisotopic (exact) mass is 390 g/mol. The summed E-state index contributed by atoms with van der Waals surface area (Å²) >= 11 is 0. The standard InChI is InChI=1S/C24H38O4/c1-3-4-5-6-7-8-9-10-11-12-19-27-23(25)17-14-18-24(26)28-22-16-13-15-21(2)20-22/h13,15-16,20H,3-12,14,17-19H2,1-2H3. The Hall–Kier alpha value is -1.84. The number of unbranched alkanes of at least 4 members (excludes halogenated alkanes) is 9. The zero-order chi connectivity index (χ0) is 20.5. The average molecular weight is 391 g/mol. The van der Waals surface area contributed by atoms with Crippen molar-refractivity contribution < 1.29 is 19.1 Å². The third kappa shape index (κ3) is 13.3. The van der Waals surface area contributed by atoms with Gasteiger partial charge in [0.05, 0.1) is 6.61 Å². The first kappa shape index (κ1) is 24.2. The van der Waals surface area contributed by atoms with E-state index in [0.717, 1.165) is 18.4 Å². The van der Waals surface area contributed by atoms with E-state index in [4.69, 9.17) is 9.47 Å². The van der Waals surface area contributed by atoms with E-state index in [0.29, 0.717) is 18.8 Å². The van der Waals surface area contributed by atoms with Crippen LogP contribution in [0.3, 0.4) is 0 Å². The van der Waals surface area contributed by atoms with Crippen molar-refractivity contribution in [1.82, 2.24) is 0 Å². The quantitative estimate of drug-likeness (QED) is 0.183. The van der Waals surface area contributed by atoms with Gasteiger partial charge in [0.2, 0.25) is 0 Å². The van der Waals surface area contributed by atoms with Gasteiger partial charge in [0.1, 0.15) is 5.75 Å². The van der Waals surface area contributed by atoms with E-state index in [9.17, 15) is 9.59 Å². The van der Waals surface area contributed by atoms with Gasteiger partial charge in [-0.25, -0.2) is 0 Å². The molecule has 158 valence electrons. The molecule has 0 aliphatic heterocycles. The Kier molecular flexibility index (Phi) is 14.0. The molecule has 1 rings (SSSR count). The maximum atomic E-state index is 11.8. The van der Waals surface area contributed by atoms with Gasteiger partial charge in [0.15, 0.2) is 0 Å². The maximum absolute atomic E-state index is 11.8. The Morgan fingerprint density at radius 1 is 0.786 bits per heavy atom. The lowest BCUT2D eigenvalue weighted by Gasteiger charge is -2.06. The number of ether oxygens (including phenoxy) is 2. The van der Waals surface area contributed by atoms with Crippen molar-refractivity contribution >= 4 is 11.9 Å². The van der Waals surface area contributed by atoms with Crippen LogP contribution in [0.5, 0.6) is 5.75 Å². The molecular formula is C24H38O4. The molecule has 0 unspecified atom stereocenters. The molecule has 0 bridgehead atoms. The summed E-state index contributed by atoms with van der Waals surface area (Å²) in [5.41, 5.74) is 1.04. The van der Waals surface area contributed by atoms with Crippen LogP contribution in [-0.2, 0) is 14.3 Å². The summed E-state index contributed by atoms with van der Waals surface area (Å²) in [7, 11) is 0. The lowest BCUT2D eigenvalue weighted by atomic mass is 10.1. The normalized spacial score (nSPS) is 10.6. The fraction of sp³-hybridized carbons (Fsp3) is 0.667. The molecule has 0 radical (unpaired) electrons. The van der Waals surface area contributed by atoms with Crippen LogP contribution >= 0.6 is 0 Å². The summed E-state index contributed by atoms with van der Waals surface area (Å²) in [6.07, 6.45) is 13.6. The topological polar surface area (TPSA) is 52.6 Å². The summed E-state index contributed by atoms with van der Waals surface area (Å²) in [6.45, 7) is 4.68. The minimum absolute atomic E-state index is 0.223. The molecule has 0 atom stereocenters. The molecule has 0 saturated carbocycles. The van der Waals surface area contributed by atoms with Gasteiger partial charge in [-0.2, -0.15) is 0 Å². The molecular weight excluding hydrogens is 352 g/mol. The summed E-state index contributed by atoms with van der Waals surface area (Å²) < 4.78 is 10.5. The molecule has 1 aromatic rings. The number of carbonyl (C=O) groups excluding carboxylic acids is 2. The van der Waals surface area contributed by atoms with Gasteiger partial charge in [-0.1, -0.05) is 76.8 Å². The van der Waals surface area contributed by atoms with Crippen molar-refractivity contribution in [2.24, 2.45) is 0 Å². The van der Waals surface area contributed by atoms with Crippen molar-refractivity contribution in [1.29, 1.82) is 0 Å². The number of benzene rings is 1. The fourth-order valence-electron chi connectivity index (χ4n) is 3.09. The molecule has 1 aromatic carbocycles. The van der Waals surface area contributed by atoms with Gasteiger partial charge in [-0.3, -0.25) is 9.59 Å². The van der Waals surface area contributed by atoms with Crippen LogP contribution in [-0.4, -0.2) is 18.5 Å². The van der Waals surface area contributed by atoms with E-state index in [1.165, 1.54) is 51.4 Å². The lowest BCUT2D eigenvalue weighted by molar-refractivity contribution is -0.144. The SMILES string of the molecule is CCCCCCCCCCCCOC(=O)CCCC(=O)Oc1cccc(C)c1. The molecule has 0 aliphatic carbocycles. The first-order valence-corrected chi connectivity index (χ1v) is 11.0. The molecule has 0 fully saturated rings. The largest absolute Gasteiger partial charge is 0.466 e. The second kappa shape index (κ2) is 16.1. The van der Waals surface area contributed by atoms with Crippen LogP contribution < -0.4 is 4.74 Å².